The number of phenols is 1. The second-order valence-corrected chi connectivity index (χ2v) is 7.86. The average Bonchev–Trinajstić information content (AvgIpc) is 2.71. The van der Waals surface area contributed by atoms with E-state index in [4.69, 9.17) is 27.9 Å². The number of anilines is 1. The summed E-state index contributed by atoms with van der Waals surface area (Å²) in [6, 6.07) is 8.68. The number of carbonyl (C=O) groups excluding carboxylic acids is 1. The van der Waals surface area contributed by atoms with Crippen LogP contribution >= 0.6 is 23.2 Å². The average molecular weight is 435 g/mol. The molecule has 0 amide bonds. The Kier molecular flexibility index (Phi) is 7.40. The second kappa shape index (κ2) is 9.99. The van der Waals surface area contributed by atoms with E-state index in [0.29, 0.717) is 34.5 Å². The topological polar surface area (TPSA) is 70.9 Å². The van der Waals surface area contributed by atoms with Gasteiger partial charge in [-0.05, 0) is 50.1 Å². The van der Waals surface area contributed by atoms with Crippen molar-refractivity contribution in [2.75, 3.05) is 11.9 Å². The number of aromatic hydroxyl groups is 1. The third kappa shape index (κ3) is 5.64. The summed E-state index contributed by atoms with van der Waals surface area (Å²) in [5, 5.41) is 14.3. The van der Waals surface area contributed by atoms with Crippen LogP contribution in [0, 0.1) is 0 Å². The normalized spacial score (nSPS) is 14.9. The molecule has 29 heavy (non-hydrogen) atoms. The third-order valence-electron chi connectivity index (χ3n) is 4.87. The number of rotatable bonds is 6. The first kappa shape index (κ1) is 21.5. The molecule has 0 saturated heterocycles. The van der Waals surface area contributed by atoms with Crippen molar-refractivity contribution >= 4 is 46.8 Å². The van der Waals surface area contributed by atoms with Gasteiger partial charge in [0.1, 0.15) is 5.75 Å². The molecule has 0 radical (unpaired) electrons. The fourth-order valence-corrected chi connectivity index (χ4v) is 3.90. The van der Waals surface area contributed by atoms with Gasteiger partial charge < -0.3 is 15.2 Å². The molecular formula is C22H24Cl2N2O3. The summed E-state index contributed by atoms with van der Waals surface area (Å²) in [5.74, 6) is -0.495. The van der Waals surface area contributed by atoms with Crippen molar-refractivity contribution < 1.29 is 14.6 Å². The number of nitrogens with zero attached hydrogens (tertiary/aromatic N) is 1. The lowest BCUT2D eigenvalue weighted by Gasteiger charge is -2.24. The summed E-state index contributed by atoms with van der Waals surface area (Å²) >= 11 is 12.0. The van der Waals surface area contributed by atoms with E-state index >= 15 is 0 Å². The van der Waals surface area contributed by atoms with Crippen LogP contribution in [0.25, 0.3) is 0 Å². The molecule has 154 valence electrons. The molecule has 1 saturated carbocycles. The predicted octanol–water partition coefficient (Wildman–Crippen LogP) is 6.37. The molecule has 1 fully saturated rings. The standard InChI is InChI=1S/C22H24Cl2N2O3/c1-2-29-22(28)14-8-9-19(26-17-6-4-3-5-7-17)20(11-14)25-13-15-10-16(23)12-18(24)21(15)27/h8-13,17,26-27H,2-7H2,1H3. The molecule has 0 unspecified atom stereocenters. The van der Waals surface area contributed by atoms with Crippen LogP contribution in [0.2, 0.25) is 10.0 Å². The molecule has 0 atom stereocenters. The van der Waals surface area contributed by atoms with Crippen molar-refractivity contribution in [3.63, 3.8) is 0 Å². The minimum absolute atomic E-state index is 0.0943. The van der Waals surface area contributed by atoms with Crippen LogP contribution in [-0.4, -0.2) is 29.9 Å². The predicted molar refractivity (Wildman–Crippen MR) is 118 cm³/mol. The van der Waals surface area contributed by atoms with E-state index in [0.717, 1.165) is 18.5 Å². The zero-order valence-electron chi connectivity index (χ0n) is 16.3. The minimum Gasteiger partial charge on any atom is -0.506 e. The number of hydrogen-bond donors (Lipinski definition) is 2. The number of aliphatic imine (C=N–C) groups is 1. The van der Waals surface area contributed by atoms with Gasteiger partial charge in [0.15, 0.2) is 0 Å². The minimum atomic E-state index is -0.401. The van der Waals surface area contributed by atoms with Gasteiger partial charge in [-0.3, -0.25) is 4.99 Å². The van der Waals surface area contributed by atoms with E-state index in [9.17, 15) is 9.90 Å². The lowest BCUT2D eigenvalue weighted by atomic mass is 9.95. The quantitative estimate of drug-likeness (QED) is 0.409. The highest BCUT2D eigenvalue weighted by molar-refractivity contribution is 6.36. The number of phenolic OH excluding ortho intramolecular Hbond substituents is 1. The second-order valence-electron chi connectivity index (χ2n) is 7.02. The van der Waals surface area contributed by atoms with Crippen molar-refractivity contribution in [1.82, 2.24) is 0 Å². The largest absolute Gasteiger partial charge is 0.506 e. The van der Waals surface area contributed by atoms with Crippen molar-refractivity contribution in [3.8, 4) is 5.75 Å². The molecule has 2 aromatic rings. The number of carbonyl (C=O) groups is 1. The number of hydrogen-bond acceptors (Lipinski definition) is 5. The Bertz CT molecular complexity index is 909. The highest BCUT2D eigenvalue weighted by Gasteiger charge is 2.16. The number of benzene rings is 2. The Hall–Kier alpha value is -2.24. The Balaban J connectivity index is 1.94. The molecule has 5 nitrogen and oxygen atoms in total. The summed E-state index contributed by atoms with van der Waals surface area (Å²) in [6.45, 7) is 2.07. The molecular weight excluding hydrogens is 411 g/mol. The Morgan fingerprint density at radius 1 is 1.24 bits per heavy atom. The molecule has 3 rings (SSSR count). The smallest absolute Gasteiger partial charge is 0.338 e. The molecule has 0 aliphatic heterocycles. The third-order valence-corrected chi connectivity index (χ3v) is 5.38. The molecule has 2 aromatic carbocycles. The number of ether oxygens (including phenoxy) is 1. The van der Waals surface area contributed by atoms with Crippen LogP contribution in [0.1, 0.15) is 54.9 Å². The maximum atomic E-state index is 12.1. The monoisotopic (exact) mass is 434 g/mol. The summed E-state index contributed by atoms with van der Waals surface area (Å²) in [6.07, 6.45) is 7.36. The van der Waals surface area contributed by atoms with E-state index in [2.05, 4.69) is 10.3 Å². The summed E-state index contributed by atoms with van der Waals surface area (Å²) < 4.78 is 5.10. The Morgan fingerprint density at radius 3 is 2.72 bits per heavy atom. The molecule has 1 aliphatic rings. The first-order valence-corrected chi connectivity index (χ1v) is 10.5. The van der Waals surface area contributed by atoms with Gasteiger partial charge in [0.05, 0.1) is 28.6 Å². The van der Waals surface area contributed by atoms with Gasteiger partial charge in [-0.15, -0.1) is 0 Å². The first-order chi connectivity index (χ1) is 14.0. The van der Waals surface area contributed by atoms with E-state index < -0.39 is 5.97 Å². The van der Waals surface area contributed by atoms with E-state index in [1.165, 1.54) is 31.5 Å². The number of esters is 1. The molecule has 2 N–H and O–H groups in total. The van der Waals surface area contributed by atoms with Gasteiger partial charge in [0.25, 0.3) is 0 Å². The van der Waals surface area contributed by atoms with Gasteiger partial charge in [0.2, 0.25) is 0 Å². The van der Waals surface area contributed by atoms with Crippen LogP contribution in [0.5, 0.6) is 5.75 Å². The SMILES string of the molecule is CCOC(=O)c1ccc(NC2CCCCC2)c(N=Cc2cc(Cl)cc(Cl)c2O)c1. The van der Waals surface area contributed by atoms with E-state index in [-0.39, 0.29) is 10.8 Å². The van der Waals surface area contributed by atoms with Gasteiger partial charge in [-0.1, -0.05) is 42.5 Å². The lowest BCUT2D eigenvalue weighted by molar-refractivity contribution is 0.0526. The van der Waals surface area contributed by atoms with Gasteiger partial charge in [-0.25, -0.2) is 4.79 Å². The van der Waals surface area contributed by atoms with Crippen LogP contribution in [-0.2, 0) is 4.74 Å². The number of halogens is 2. The molecule has 1 aliphatic carbocycles. The molecule has 0 heterocycles. The Labute approximate surface area is 180 Å². The van der Waals surface area contributed by atoms with Gasteiger partial charge >= 0.3 is 5.97 Å². The van der Waals surface area contributed by atoms with Crippen molar-refractivity contribution in [2.24, 2.45) is 4.99 Å². The van der Waals surface area contributed by atoms with Crippen LogP contribution < -0.4 is 5.32 Å². The highest BCUT2D eigenvalue weighted by atomic mass is 35.5. The molecule has 0 bridgehead atoms. The van der Waals surface area contributed by atoms with Crippen LogP contribution in [0.15, 0.2) is 35.3 Å². The maximum Gasteiger partial charge on any atom is 0.338 e. The fraction of sp³-hybridized carbons (Fsp3) is 0.364. The zero-order valence-corrected chi connectivity index (χ0v) is 17.8. The maximum absolute atomic E-state index is 12.1. The summed E-state index contributed by atoms with van der Waals surface area (Å²) in [7, 11) is 0. The van der Waals surface area contributed by atoms with Crippen LogP contribution in [0.4, 0.5) is 11.4 Å². The number of nitrogens with one attached hydrogen (secondary N) is 1. The highest BCUT2D eigenvalue weighted by Crippen LogP contribution is 2.33. The molecule has 7 heteroatoms. The van der Waals surface area contributed by atoms with E-state index in [1.807, 2.05) is 6.07 Å². The van der Waals surface area contributed by atoms with Crippen LogP contribution in [0.3, 0.4) is 0 Å². The molecule has 0 spiro atoms. The summed E-state index contributed by atoms with van der Waals surface area (Å²) in [4.78, 5) is 16.7. The van der Waals surface area contributed by atoms with Crippen molar-refractivity contribution in [2.45, 2.75) is 45.1 Å². The summed E-state index contributed by atoms with van der Waals surface area (Å²) in [5.41, 5.74) is 2.22. The molecule has 0 aromatic heterocycles. The fourth-order valence-electron chi connectivity index (χ4n) is 3.39. The van der Waals surface area contributed by atoms with Crippen molar-refractivity contribution in [1.29, 1.82) is 0 Å². The lowest BCUT2D eigenvalue weighted by Crippen LogP contribution is -2.22. The zero-order chi connectivity index (χ0) is 20.8. The first-order valence-electron chi connectivity index (χ1n) is 9.77. The van der Waals surface area contributed by atoms with Gasteiger partial charge in [-0.2, -0.15) is 0 Å². The van der Waals surface area contributed by atoms with E-state index in [1.54, 1.807) is 25.1 Å². The van der Waals surface area contributed by atoms with Gasteiger partial charge in [0, 0.05) is 22.8 Å². The van der Waals surface area contributed by atoms with Crippen molar-refractivity contribution in [3.05, 3.63) is 51.5 Å². The Morgan fingerprint density at radius 2 is 2.00 bits per heavy atom.